The molecule has 2 amide bonds. The number of fused-ring (bicyclic) bond motifs is 1. The second-order valence-corrected chi connectivity index (χ2v) is 8.91. The van der Waals surface area contributed by atoms with Gasteiger partial charge in [0.05, 0.1) is 13.0 Å². The fraction of sp³-hybridized carbons (Fsp3) is 0.375. The first-order valence-electron chi connectivity index (χ1n) is 10.8. The van der Waals surface area contributed by atoms with E-state index in [2.05, 4.69) is 21.4 Å². The van der Waals surface area contributed by atoms with Gasteiger partial charge in [-0.1, -0.05) is 43.0 Å². The lowest BCUT2D eigenvalue weighted by Crippen LogP contribution is -2.32. The van der Waals surface area contributed by atoms with E-state index >= 15 is 0 Å². The maximum atomic E-state index is 12.4. The van der Waals surface area contributed by atoms with E-state index in [0.717, 1.165) is 22.1 Å². The number of benzene rings is 2. The van der Waals surface area contributed by atoms with Crippen molar-refractivity contribution in [1.82, 2.24) is 10.2 Å². The first-order chi connectivity index (χ1) is 16.5. The van der Waals surface area contributed by atoms with Crippen LogP contribution in [0, 0.1) is 0 Å². The zero-order chi connectivity index (χ0) is 26.5. The van der Waals surface area contributed by atoms with Gasteiger partial charge >= 0.3 is 0 Å². The Morgan fingerprint density at radius 3 is 2.34 bits per heavy atom. The number of carbonyl (C=O) groups is 3. The van der Waals surface area contributed by atoms with Gasteiger partial charge in [-0.15, -0.1) is 0 Å². The summed E-state index contributed by atoms with van der Waals surface area (Å²) in [7, 11) is 5.05. The molecule has 0 radical (unpaired) electrons. The van der Waals surface area contributed by atoms with Gasteiger partial charge in [-0.3, -0.25) is 14.4 Å². The zero-order valence-electron chi connectivity index (χ0n) is 20.9. The highest BCUT2D eigenvalue weighted by molar-refractivity contribution is 8.13. The molecule has 0 heterocycles. The van der Waals surface area contributed by atoms with Crippen LogP contribution in [0.5, 0.6) is 5.75 Å². The Hall–Kier alpha value is -3.60. The predicted octanol–water partition coefficient (Wildman–Crippen LogP) is 2.07. The van der Waals surface area contributed by atoms with Crippen LogP contribution < -0.4 is 21.5 Å². The Morgan fingerprint density at radius 2 is 1.77 bits per heavy atom. The Labute approximate surface area is 210 Å². The molecule has 0 aliphatic rings. The van der Waals surface area contributed by atoms with Crippen molar-refractivity contribution < 1.29 is 19.1 Å². The van der Waals surface area contributed by atoms with Gasteiger partial charge in [0.2, 0.25) is 18.3 Å². The molecule has 0 saturated heterocycles. The second-order valence-electron chi connectivity index (χ2n) is 7.88. The molecule has 190 valence electrons. The minimum atomic E-state index is -0.189. The number of aliphatic imine (C=N–C) groups is 2. The normalized spacial score (nSPS) is 13.2. The van der Waals surface area contributed by atoms with Crippen LogP contribution in [-0.4, -0.2) is 67.3 Å². The van der Waals surface area contributed by atoms with E-state index in [9.17, 15) is 14.4 Å². The van der Waals surface area contributed by atoms with Gasteiger partial charge in [0.1, 0.15) is 5.75 Å². The summed E-state index contributed by atoms with van der Waals surface area (Å²) in [6, 6.07) is 11.9. The summed E-state index contributed by atoms with van der Waals surface area (Å²) in [5.74, 6) is 1.19. The van der Waals surface area contributed by atoms with Gasteiger partial charge in [0.15, 0.2) is 11.1 Å². The van der Waals surface area contributed by atoms with Crippen molar-refractivity contribution in [3.8, 4) is 5.75 Å². The van der Waals surface area contributed by atoms with Crippen molar-refractivity contribution in [2.75, 3.05) is 27.0 Å². The number of nitrogens with zero attached hydrogens (tertiary/aromatic N) is 3. The van der Waals surface area contributed by atoms with Crippen molar-refractivity contribution in [2.45, 2.75) is 32.7 Å². The largest absolute Gasteiger partial charge is 0.497 e. The van der Waals surface area contributed by atoms with Gasteiger partial charge in [-0.25, -0.2) is 0 Å². The van der Waals surface area contributed by atoms with Crippen LogP contribution in [0.25, 0.3) is 10.8 Å². The molecule has 2 aromatic carbocycles. The number of ether oxygens (including phenoxy) is 1. The topological polar surface area (TPSA) is 152 Å². The Morgan fingerprint density at radius 1 is 1.14 bits per heavy atom. The minimum absolute atomic E-state index is 0.0206. The quantitative estimate of drug-likeness (QED) is 0.295. The van der Waals surface area contributed by atoms with E-state index in [4.69, 9.17) is 16.2 Å². The summed E-state index contributed by atoms with van der Waals surface area (Å²) >= 11 is 1.27. The summed E-state index contributed by atoms with van der Waals surface area (Å²) in [5.41, 5.74) is 11.5. The molecule has 2 atom stereocenters. The first-order valence-corrected chi connectivity index (χ1v) is 11.8. The molecular formula is C24H34N6O4S. The molecule has 10 nitrogen and oxygen atoms in total. The molecular weight excluding hydrogens is 468 g/mol. The SMILES string of the molecule is CN(C)/C(N)=N/C(N)=NC=O.COc1ccc2cc(C(C)C(=O)SCC(C)NC(C)=O)ccc2c1. The van der Waals surface area contributed by atoms with E-state index in [-0.39, 0.29) is 34.9 Å². The number of nitrogens with two attached hydrogens (primary N) is 2. The smallest absolute Gasteiger partial charge is 0.236 e. The number of hydrogen-bond donors (Lipinski definition) is 3. The van der Waals surface area contributed by atoms with E-state index in [0.29, 0.717) is 12.2 Å². The van der Waals surface area contributed by atoms with Crippen molar-refractivity contribution in [3.63, 3.8) is 0 Å². The molecule has 0 aromatic heterocycles. The van der Waals surface area contributed by atoms with Crippen LogP contribution in [0.3, 0.4) is 0 Å². The average Bonchev–Trinajstić information content (AvgIpc) is 2.81. The summed E-state index contributed by atoms with van der Waals surface area (Å²) in [4.78, 5) is 41.5. The fourth-order valence-corrected chi connectivity index (χ4v) is 3.68. The summed E-state index contributed by atoms with van der Waals surface area (Å²) in [6.07, 6.45) is 0.307. The number of nitrogens with one attached hydrogen (secondary N) is 1. The van der Waals surface area contributed by atoms with Crippen LogP contribution in [-0.2, 0) is 14.4 Å². The van der Waals surface area contributed by atoms with Crippen LogP contribution in [0.2, 0.25) is 0 Å². The number of thioether (sulfide) groups is 1. The van der Waals surface area contributed by atoms with Crippen LogP contribution in [0.15, 0.2) is 46.4 Å². The van der Waals surface area contributed by atoms with Gasteiger partial charge in [-0.2, -0.15) is 9.98 Å². The fourth-order valence-electron chi connectivity index (χ4n) is 2.80. The van der Waals surface area contributed by atoms with Crippen molar-refractivity contribution in [3.05, 3.63) is 42.0 Å². The van der Waals surface area contributed by atoms with E-state index in [1.54, 1.807) is 26.1 Å². The lowest BCUT2D eigenvalue weighted by Gasteiger charge is -2.15. The third-order valence-electron chi connectivity index (χ3n) is 4.72. The van der Waals surface area contributed by atoms with Gasteiger partial charge in [0, 0.05) is 32.8 Å². The highest BCUT2D eigenvalue weighted by Gasteiger charge is 2.17. The van der Waals surface area contributed by atoms with Crippen molar-refractivity contribution in [2.24, 2.45) is 21.5 Å². The predicted molar refractivity (Wildman–Crippen MR) is 143 cm³/mol. The van der Waals surface area contributed by atoms with Crippen LogP contribution >= 0.6 is 11.8 Å². The maximum Gasteiger partial charge on any atom is 0.236 e. The molecule has 35 heavy (non-hydrogen) atoms. The molecule has 2 rings (SSSR count). The van der Waals surface area contributed by atoms with Gasteiger partial charge < -0.3 is 26.4 Å². The van der Waals surface area contributed by atoms with Crippen LogP contribution in [0.4, 0.5) is 0 Å². The van der Waals surface area contributed by atoms with E-state index in [1.165, 1.54) is 18.7 Å². The molecule has 0 fully saturated rings. The number of rotatable bonds is 7. The monoisotopic (exact) mass is 502 g/mol. The molecule has 2 unspecified atom stereocenters. The van der Waals surface area contributed by atoms with Gasteiger partial charge in [0.25, 0.3) is 0 Å². The number of hydrogen-bond acceptors (Lipinski definition) is 5. The average molecular weight is 503 g/mol. The number of methoxy groups -OCH3 is 1. The summed E-state index contributed by atoms with van der Waals surface area (Å²) in [5, 5.41) is 5.07. The van der Waals surface area contributed by atoms with Crippen LogP contribution in [0.1, 0.15) is 32.3 Å². The lowest BCUT2D eigenvalue weighted by atomic mass is 9.99. The second kappa shape index (κ2) is 14.6. The van der Waals surface area contributed by atoms with Crippen molar-refractivity contribution in [1.29, 1.82) is 0 Å². The van der Waals surface area contributed by atoms with Gasteiger partial charge in [-0.05, 0) is 35.4 Å². The third-order valence-corrected chi connectivity index (χ3v) is 6.03. The van der Waals surface area contributed by atoms with E-state index in [1.807, 2.05) is 44.2 Å². The number of guanidine groups is 2. The summed E-state index contributed by atoms with van der Waals surface area (Å²) < 4.78 is 5.23. The Balaban J connectivity index is 0.000000471. The molecule has 11 heteroatoms. The van der Waals surface area contributed by atoms with Crippen molar-refractivity contribution >= 4 is 51.9 Å². The highest BCUT2D eigenvalue weighted by atomic mass is 32.2. The molecule has 0 aliphatic carbocycles. The third kappa shape index (κ3) is 10.5. The zero-order valence-corrected chi connectivity index (χ0v) is 21.8. The molecule has 5 N–H and O–H groups in total. The lowest BCUT2D eigenvalue weighted by molar-refractivity contribution is -0.119. The molecule has 0 spiro atoms. The molecule has 2 aromatic rings. The Kier molecular flexibility index (Phi) is 12.3. The first kappa shape index (κ1) is 29.4. The number of carbonyl (C=O) groups excluding carboxylic acids is 3. The molecule has 0 aliphatic heterocycles. The molecule has 0 saturated carbocycles. The maximum absolute atomic E-state index is 12.4. The number of amides is 2. The van der Waals surface area contributed by atoms with E-state index < -0.39 is 0 Å². The minimum Gasteiger partial charge on any atom is -0.497 e. The molecule has 0 bridgehead atoms. The highest BCUT2D eigenvalue weighted by Crippen LogP contribution is 2.28. The standard InChI is InChI=1S/C19H23NO3S.C5H11N5O/c1-12(20-14(3)21)11-24-19(22)13(2)15-5-6-17-10-18(23-4)8-7-16(17)9-15;1-10(2)5(7)9-4(6)8-3-11/h5-10,12-13H,11H2,1-4H3,(H,20,21);3H,1-2H3,(H4,6,7,8,9,11). The Bertz CT molecular complexity index is 1090. The summed E-state index contributed by atoms with van der Waals surface area (Å²) in [6.45, 7) is 5.30.